The Bertz CT molecular complexity index is 1140. The maximum absolute atomic E-state index is 14.1. The SMILES string of the molecule is CCC(CC(C)(O)C(F)(F)F)N1C(=O)C(C)(CC(=O)O)CC(c2cccc(Cl)c2)C1c1ccc(Cl)cc1. The molecule has 0 radical (unpaired) electrons. The van der Waals surface area contributed by atoms with Gasteiger partial charge >= 0.3 is 12.1 Å². The molecule has 202 valence electrons. The quantitative estimate of drug-likeness (QED) is 0.364. The summed E-state index contributed by atoms with van der Waals surface area (Å²) in [4.78, 5) is 27.2. The predicted octanol–water partition coefficient (Wildman–Crippen LogP) is 7.01. The Morgan fingerprint density at radius 2 is 1.76 bits per heavy atom. The van der Waals surface area contributed by atoms with Gasteiger partial charge in [0, 0.05) is 28.4 Å². The van der Waals surface area contributed by atoms with Crippen molar-refractivity contribution in [2.75, 3.05) is 0 Å². The highest BCUT2D eigenvalue weighted by Gasteiger charge is 2.56. The minimum Gasteiger partial charge on any atom is -0.481 e. The first-order valence-corrected chi connectivity index (χ1v) is 12.7. The van der Waals surface area contributed by atoms with Crippen LogP contribution in [-0.4, -0.2) is 44.8 Å². The fourth-order valence-corrected chi connectivity index (χ4v) is 5.62. The van der Waals surface area contributed by atoms with E-state index in [4.69, 9.17) is 23.2 Å². The fourth-order valence-electron chi connectivity index (χ4n) is 5.29. The summed E-state index contributed by atoms with van der Waals surface area (Å²) in [6.45, 7) is 3.85. The number of piperidine rings is 1. The second kappa shape index (κ2) is 10.8. The second-order valence-corrected chi connectivity index (χ2v) is 11.1. The van der Waals surface area contributed by atoms with Crippen LogP contribution < -0.4 is 0 Å². The molecule has 0 aliphatic carbocycles. The zero-order valence-corrected chi connectivity index (χ0v) is 22.2. The highest BCUT2D eigenvalue weighted by atomic mass is 35.5. The van der Waals surface area contributed by atoms with Gasteiger partial charge in [0.25, 0.3) is 0 Å². The number of hydrogen-bond acceptors (Lipinski definition) is 3. The molecule has 1 aliphatic rings. The number of halogens is 5. The predicted molar refractivity (Wildman–Crippen MR) is 136 cm³/mol. The molecular formula is C27H30Cl2F3NO4. The van der Waals surface area contributed by atoms with Gasteiger partial charge in [-0.15, -0.1) is 0 Å². The number of carboxylic acid groups (broad SMARTS) is 1. The number of amides is 1. The summed E-state index contributed by atoms with van der Waals surface area (Å²) in [5, 5.41) is 20.9. The zero-order chi connectivity index (χ0) is 27.8. The lowest BCUT2D eigenvalue weighted by Gasteiger charge is -2.52. The van der Waals surface area contributed by atoms with Crippen molar-refractivity contribution in [2.24, 2.45) is 5.41 Å². The number of carbonyl (C=O) groups is 2. The second-order valence-electron chi connectivity index (χ2n) is 10.2. The Labute approximate surface area is 224 Å². The minimum absolute atomic E-state index is 0.105. The summed E-state index contributed by atoms with van der Waals surface area (Å²) in [5.74, 6) is -2.26. The normalized spacial score (nSPS) is 25.0. The summed E-state index contributed by atoms with van der Waals surface area (Å²) >= 11 is 12.4. The zero-order valence-electron chi connectivity index (χ0n) is 20.7. The molecule has 0 spiro atoms. The number of likely N-dealkylation sites (tertiary alicyclic amines) is 1. The van der Waals surface area contributed by atoms with Gasteiger partial charge in [0.15, 0.2) is 5.60 Å². The van der Waals surface area contributed by atoms with Gasteiger partial charge in [0.1, 0.15) is 0 Å². The van der Waals surface area contributed by atoms with Crippen LogP contribution in [0.25, 0.3) is 0 Å². The van der Waals surface area contributed by atoms with E-state index in [-0.39, 0.29) is 12.8 Å². The Balaban J connectivity index is 2.25. The third kappa shape index (κ3) is 6.24. The number of rotatable bonds is 8. The molecule has 2 aromatic rings. The van der Waals surface area contributed by atoms with Gasteiger partial charge in [0.2, 0.25) is 5.91 Å². The molecule has 0 saturated carbocycles. The molecule has 1 aliphatic heterocycles. The molecule has 1 heterocycles. The lowest BCUT2D eigenvalue weighted by Crippen LogP contribution is -2.58. The number of alkyl halides is 3. The number of carboxylic acids is 1. The molecule has 3 rings (SSSR count). The van der Waals surface area contributed by atoms with Gasteiger partial charge in [0.05, 0.1) is 17.9 Å². The van der Waals surface area contributed by atoms with Crippen LogP contribution in [0, 0.1) is 5.41 Å². The van der Waals surface area contributed by atoms with E-state index < -0.39 is 59.9 Å². The van der Waals surface area contributed by atoms with Gasteiger partial charge in [-0.2, -0.15) is 13.2 Å². The van der Waals surface area contributed by atoms with Crippen LogP contribution in [-0.2, 0) is 9.59 Å². The van der Waals surface area contributed by atoms with E-state index in [0.29, 0.717) is 22.5 Å². The van der Waals surface area contributed by atoms with Crippen molar-refractivity contribution in [1.29, 1.82) is 0 Å². The summed E-state index contributed by atoms with van der Waals surface area (Å²) in [6.07, 6.45) is -5.96. The summed E-state index contributed by atoms with van der Waals surface area (Å²) in [6, 6.07) is 11.8. The van der Waals surface area contributed by atoms with Crippen molar-refractivity contribution in [3.05, 3.63) is 69.7 Å². The Kier molecular flexibility index (Phi) is 8.57. The van der Waals surface area contributed by atoms with E-state index >= 15 is 0 Å². The smallest absolute Gasteiger partial charge is 0.416 e. The van der Waals surface area contributed by atoms with Crippen LogP contribution in [0.5, 0.6) is 0 Å². The van der Waals surface area contributed by atoms with E-state index in [1.165, 1.54) is 11.8 Å². The number of aliphatic carboxylic acids is 1. The van der Waals surface area contributed by atoms with Gasteiger partial charge in [-0.25, -0.2) is 0 Å². The van der Waals surface area contributed by atoms with Gasteiger partial charge < -0.3 is 15.1 Å². The van der Waals surface area contributed by atoms with Crippen LogP contribution >= 0.6 is 23.2 Å². The van der Waals surface area contributed by atoms with Gasteiger partial charge in [-0.1, -0.05) is 61.3 Å². The fraction of sp³-hybridized carbons (Fsp3) is 0.481. The first kappa shape index (κ1) is 29.3. The maximum atomic E-state index is 14.1. The van der Waals surface area contributed by atoms with E-state index in [9.17, 15) is 33.0 Å². The first-order valence-electron chi connectivity index (χ1n) is 11.9. The molecule has 1 fully saturated rings. The third-order valence-corrected chi connectivity index (χ3v) is 7.73. The molecule has 2 aromatic carbocycles. The van der Waals surface area contributed by atoms with Crippen molar-refractivity contribution in [3.63, 3.8) is 0 Å². The summed E-state index contributed by atoms with van der Waals surface area (Å²) < 4.78 is 41.1. The molecule has 1 amide bonds. The lowest BCUT2D eigenvalue weighted by atomic mass is 9.66. The molecule has 2 N–H and O–H groups in total. The van der Waals surface area contributed by atoms with Crippen molar-refractivity contribution in [2.45, 2.75) is 76.2 Å². The Morgan fingerprint density at radius 3 is 2.27 bits per heavy atom. The molecule has 0 aromatic heterocycles. The van der Waals surface area contributed by atoms with Crippen LogP contribution in [0.3, 0.4) is 0 Å². The molecule has 0 bridgehead atoms. The van der Waals surface area contributed by atoms with E-state index in [1.807, 2.05) is 0 Å². The van der Waals surface area contributed by atoms with Crippen molar-refractivity contribution < 1.29 is 33.0 Å². The van der Waals surface area contributed by atoms with Crippen molar-refractivity contribution >= 4 is 35.1 Å². The van der Waals surface area contributed by atoms with E-state index in [2.05, 4.69) is 0 Å². The number of nitrogens with zero attached hydrogens (tertiary/aromatic N) is 1. The molecule has 37 heavy (non-hydrogen) atoms. The summed E-state index contributed by atoms with van der Waals surface area (Å²) in [7, 11) is 0. The first-order chi connectivity index (χ1) is 17.1. The third-order valence-electron chi connectivity index (χ3n) is 7.24. The highest BCUT2D eigenvalue weighted by molar-refractivity contribution is 6.30. The van der Waals surface area contributed by atoms with Crippen LogP contribution in [0.2, 0.25) is 10.0 Å². The number of hydrogen-bond donors (Lipinski definition) is 2. The Hall–Kier alpha value is -2.29. The van der Waals surface area contributed by atoms with E-state index in [0.717, 1.165) is 5.56 Å². The topological polar surface area (TPSA) is 77.8 Å². The average molecular weight is 560 g/mol. The summed E-state index contributed by atoms with van der Waals surface area (Å²) in [5.41, 5.74) is -3.12. The molecule has 5 nitrogen and oxygen atoms in total. The molecule has 5 unspecified atom stereocenters. The average Bonchev–Trinajstić information content (AvgIpc) is 2.78. The van der Waals surface area contributed by atoms with Crippen LogP contribution in [0.4, 0.5) is 13.2 Å². The Morgan fingerprint density at radius 1 is 1.14 bits per heavy atom. The molecule has 1 saturated heterocycles. The highest BCUT2D eigenvalue weighted by Crippen LogP contribution is 2.53. The number of benzene rings is 2. The molecule has 10 heteroatoms. The largest absolute Gasteiger partial charge is 0.481 e. The number of carbonyl (C=O) groups excluding carboxylic acids is 1. The van der Waals surface area contributed by atoms with Crippen LogP contribution in [0.1, 0.15) is 69.5 Å². The standard InChI is InChI=1S/C27H30Cl2F3NO4/c1-4-20(13-26(3,37)27(30,31)32)33-23(16-8-10-18(28)11-9-16)21(17-6-5-7-19(29)12-17)14-25(2,24(33)36)15-22(34)35/h5-12,20-21,23,37H,4,13-15H2,1-3H3,(H,34,35). The van der Waals surface area contributed by atoms with Crippen molar-refractivity contribution in [3.8, 4) is 0 Å². The number of aliphatic hydroxyl groups is 1. The van der Waals surface area contributed by atoms with Gasteiger partial charge in [-0.05, 0) is 55.2 Å². The van der Waals surface area contributed by atoms with Crippen molar-refractivity contribution in [1.82, 2.24) is 4.90 Å². The molecule has 5 atom stereocenters. The molecular weight excluding hydrogens is 530 g/mol. The van der Waals surface area contributed by atoms with E-state index in [1.54, 1.807) is 55.5 Å². The monoisotopic (exact) mass is 559 g/mol. The maximum Gasteiger partial charge on any atom is 0.416 e. The lowest BCUT2D eigenvalue weighted by molar-refractivity contribution is -0.259. The minimum atomic E-state index is -4.92. The van der Waals surface area contributed by atoms with Gasteiger partial charge in [-0.3, -0.25) is 9.59 Å². The van der Waals surface area contributed by atoms with Crippen LogP contribution in [0.15, 0.2) is 48.5 Å².